The van der Waals surface area contributed by atoms with Gasteiger partial charge in [0.2, 0.25) is 0 Å². The van der Waals surface area contributed by atoms with E-state index in [1.807, 2.05) is 0 Å². The Labute approximate surface area is 121 Å². The molecule has 1 aromatic carbocycles. The Morgan fingerprint density at radius 2 is 2.21 bits per heavy atom. The summed E-state index contributed by atoms with van der Waals surface area (Å²) in [7, 11) is 1.55. The summed E-state index contributed by atoms with van der Waals surface area (Å²) in [6.07, 6.45) is 4.53. The number of carboxylic acids is 1. The van der Waals surface area contributed by atoms with Crippen LogP contribution in [0.1, 0.15) is 25.3 Å². The first-order chi connectivity index (χ1) is 9.08. The van der Waals surface area contributed by atoms with Gasteiger partial charge in [-0.1, -0.05) is 29.3 Å². The Kier molecular flexibility index (Phi) is 6.42. The molecule has 19 heavy (non-hydrogen) atoms. The molecule has 0 radical (unpaired) electrons. The highest BCUT2D eigenvalue weighted by Gasteiger charge is 2.11. The molecule has 104 valence electrons. The molecule has 5 heteroatoms. The fourth-order valence-corrected chi connectivity index (χ4v) is 1.95. The second-order valence-corrected chi connectivity index (χ2v) is 4.82. The summed E-state index contributed by atoms with van der Waals surface area (Å²) in [5.74, 6) is 0.144. The summed E-state index contributed by atoms with van der Waals surface area (Å²) in [5, 5.41) is 8.71. The molecule has 1 rings (SSSR count). The molecule has 0 fully saturated rings. The van der Waals surface area contributed by atoms with E-state index in [0.29, 0.717) is 23.7 Å². The summed E-state index contributed by atoms with van der Waals surface area (Å²) in [6.45, 7) is 2.65. The van der Waals surface area contributed by atoms with Crippen molar-refractivity contribution in [1.82, 2.24) is 0 Å². The maximum Gasteiger partial charge on any atom is 0.328 e. The number of hydrogen-bond donors (Lipinski definition) is 1. The average Bonchev–Trinajstić information content (AvgIpc) is 2.37. The molecule has 0 amide bonds. The van der Waals surface area contributed by atoms with E-state index in [4.69, 9.17) is 14.6 Å². The molecule has 0 saturated carbocycles. The van der Waals surface area contributed by atoms with Crippen LogP contribution in [0.2, 0.25) is 0 Å². The van der Waals surface area contributed by atoms with Crippen molar-refractivity contribution in [3.8, 4) is 11.5 Å². The van der Waals surface area contributed by atoms with Crippen molar-refractivity contribution in [2.24, 2.45) is 0 Å². The standard InChI is InChI=1S/C14H17BrO4/c1-3-4-7-19-14-10(5-6-13(16)17)8-11(15)9-12(14)18-2/h5-6,8-9H,3-4,7H2,1-2H3,(H,16,17)/b6-5+. The van der Waals surface area contributed by atoms with Crippen molar-refractivity contribution >= 4 is 28.0 Å². The largest absolute Gasteiger partial charge is 0.493 e. The number of halogens is 1. The highest BCUT2D eigenvalue weighted by atomic mass is 79.9. The van der Waals surface area contributed by atoms with Gasteiger partial charge in [0, 0.05) is 16.1 Å². The Morgan fingerprint density at radius 3 is 2.79 bits per heavy atom. The summed E-state index contributed by atoms with van der Waals surface area (Å²) >= 11 is 3.36. The van der Waals surface area contributed by atoms with Crippen LogP contribution in [-0.2, 0) is 4.79 Å². The van der Waals surface area contributed by atoms with Gasteiger partial charge in [-0.15, -0.1) is 0 Å². The number of rotatable bonds is 7. The first-order valence-corrected chi connectivity index (χ1v) is 6.79. The normalized spacial score (nSPS) is 10.7. The molecule has 4 nitrogen and oxygen atoms in total. The zero-order valence-corrected chi connectivity index (χ0v) is 12.6. The quantitative estimate of drug-likeness (QED) is 0.612. The number of carboxylic acid groups (broad SMARTS) is 1. The Morgan fingerprint density at radius 1 is 1.47 bits per heavy atom. The van der Waals surface area contributed by atoms with E-state index in [9.17, 15) is 4.79 Å². The third-order valence-electron chi connectivity index (χ3n) is 2.42. The summed E-state index contributed by atoms with van der Waals surface area (Å²) in [4.78, 5) is 10.6. The predicted octanol–water partition coefficient (Wildman–Crippen LogP) is 3.73. The van der Waals surface area contributed by atoms with Gasteiger partial charge in [-0.25, -0.2) is 4.79 Å². The minimum Gasteiger partial charge on any atom is -0.493 e. The van der Waals surface area contributed by atoms with Crippen LogP contribution >= 0.6 is 15.9 Å². The van der Waals surface area contributed by atoms with Crippen LogP contribution in [0.5, 0.6) is 11.5 Å². The first-order valence-electron chi connectivity index (χ1n) is 5.99. The highest BCUT2D eigenvalue weighted by Crippen LogP contribution is 2.35. The molecule has 0 aromatic heterocycles. The highest BCUT2D eigenvalue weighted by molar-refractivity contribution is 9.10. The van der Waals surface area contributed by atoms with Crippen molar-refractivity contribution in [3.05, 3.63) is 28.2 Å². The zero-order chi connectivity index (χ0) is 14.3. The van der Waals surface area contributed by atoms with E-state index in [-0.39, 0.29) is 0 Å². The predicted molar refractivity (Wildman–Crippen MR) is 77.8 cm³/mol. The monoisotopic (exact) mass is 328 g/mol. The van der Waals surface area contributed by atoms with Gasteiger partial charge in [0.1, 0.15) is 0 Å². The molecule has 0 heterocycles. The summed E-state index contributed by atoms with van der Waals surface area (Å²) < 4.78 is 11.8. The van der Waals surface area contributed by atoms with Crippen molar-refractivity contribution in [3.63, 3.8) is 0 Å². The van der Waals surface area contributed by atoms with Gasteiger partial charge in [-0.05, 0) is 24.6 Å². The molecular formula is C14H17BrO4. The third kappa shape index (κ3) is 4.95. The van der Waals surface area contributed by atoms with E-state index in [1.54, 1.807) is 19.2 Å². The molecule has 0 aliphatic heterocycles. The molecule has 0 bridgehead atoms. The van der Waals surface area contributed by atoms with E-state index in [2.05, 4.69) is 22.9 Å². The third-order valence-corrected chi connectivity index (χ3v) is 2.88. The number of carbonyl (C=O) groups is 1. The first kappa shape index (κ1) is 15.6. The van der Waals surface area contributed by atoms with E-state index < -0.39 is 5.97 Å². The number of methoxy groups -OCH3 is 1. The molecule has 0 saturated heterocycles. The molecule has 0 aliphatic carbocycles. The van der Waals surface area contributed by atoms with E-state index >= 15 is 0 Å². The lowest BCUT2D eigenvalue weighted by Crippen LogP contribution is -2.01. The lowest BCUT2D eigenvalue weighted by molar-refractivity contribution is -0.131. The van der Waals surface area contributed by atoms with Crippen LogP contribution in [0, 0.1) is 0 Å². The maximum atomic E-state index is 10.6. The molecule has 0 spiro atoms. The SMILES string of the molecule is CCCCOc1c(/C=C/C(=O)O)cc(Br)cc1OC. The van der Waals surface area contributed by atoms with Gasteiger partial charge in [0.05, 0.1) is 13.7 Å². The topological polar surface area (TPSA) is 55.8 Å². The number of benzene rings is 1. The van der Waals surface area contributed by atoms with Crippen molar-refractivity contribution in [2.45, 2.75) is 19.8 Å². The second kappa shape index (κ2) is 7.84. The Bertz CT molecular complexity index is 469. The number of hydrogen-bond acceptors (Lipinski definition) is 3. The lowest BCUT2D eigenvalue weighted by Gasteiger charge is -2.14. The van der Waals surface area contributed by atoms with Crippen LogP contribution in [0.25, 0.3) is 6.08 Å². The maximum absolute atomic E-state index is 10.6. The van der Waals surface area contributed by atoms with Crippen molar-refractivity contribution < 1.29 is 19.4 Å². The molecule has 0 atom stereocenters. The Balaban J connectivity index is 3.09. The summed E-state index contributed by atoms with van der Waals surface area (Å²) in [6, 6.07) is 3.59. The van der Waals surface area contributed by atoms with Gasteiger partial charge in [0.25, 0.3) is 0 Å². The van der Waals surface area contributed by atoms with Crippen LogP contribution in [-0.4, -0.2) is 24.8 Å². The zero-order valence-electron chi connectivity index (χ0n) is 11.0. The molecular weight excluding hydrogens is 312 g/mol. The fraction of sp³-hybridized carbons (Fsp3) is 0.357. The lowest BCUT2D eigenvalue weighted by atomic mass is 10.1. The van der Waals surface area contributed by atoms with Gasteiger partial charge >= 0.3 is 5.97 Å². The summed E-state index contributed by atoms with van der Waals surface area (Å²) in [5.41, 5.74) is 0.671. The smallest absolute Gasteiger partial charge is 0.328 e. The van der Waals surface area contributed by atoms with Crippen LogP contribution in [0.4, 0.5) is 0 Å². The van der Waals surface area contributed by atoms with Crippen LogP contribution in [0.15, 0.2) is 22.7 Å². The van der Waals surface area contributed by atoms with Crippen LogP contribution in [0.3, 0.4) is 0 Å². The fourth-order valence-electron chi connectivity index (χ4n) is 1.50. The van der Waals surface area contributed by atoms with Crippen molar-refractivity contribution in [1.29, 1.82) is 0 Å². The van der Waals surface area contributed by atoms with Crippen LogP contribution < -0.4 is 9.47 Å². The van der Waals surface area contributed by atoms with Gasteiger partial charge < -0.3 is 14.6 Å². The molecule has 0 unspecified atom stereocenters. The minimum atomic E-state index is -1.00. The van der Waals surface area contributed by atoms with E-state index in [0.717, 1.165) is 23.4 Å². The number of unbranched alkanes of at least 4 members (excludes halogenated alkanes) is 1. The number of aliphatic carboxylic acids is 1. The van der Waals surface area contributed by atoms with Gasteiger partial charge in [-0.3, -0.25) is 0 Å². The number of ether oxygens (including phenoxy) is 2. The molecule has 1 N–H and O–H groups in total. The Hall–Kier alpha value is -1.49. The minimum absolute atomic E-state index is 0.566. The second-order valence-electron chi connectivity index (χ2n) is 3.90. The molecule has 1 aromatic rings. The van der Waals surface area contributed by atoms with E-state index in [1.165, 1.54) is 6.08 Å². The average molecular weight is 329 g/mol. The molecule has 0 aliphatic rings. The van der Waals surface area contributed by atoms with Gasteiger partial charge in [-0.2, -0.15) is 0 Å². The van der Waals surface area contributed by atoms with Crippen molar-refractivity contribution in [2.75, 3.05) is 13.7 Å². The van der Waals surface area contributed by atoms with Gasteiger partial charge in [0.15, 0.2) is 11.5 Å².